The zero-order chi connectivity index (χ0) is 21.8. The summed E-state index contributed by atoms with van der Waals surface area (Å²) >= 11 is 0. The van der Waals surface area contributed by atoms with Gasteiger partial charge in [0.2, 0.25) is 29.9 Å². The van der Waals surface area contributed by atoms with Gasteiger partial charge in [0, 0.05) is 26.2 Å². The van der Waals surface area contributed by atoms with Crippen molar-refractivity contribution in [3.8, 4) is 0 Å². The summed E-state index contributed by atoms with van der Waals surface area (Å²) in [6, 6.07) is 2.14. The molecule has 6 heterocycles. The number of nitrogens with zero attached hydrogens (tertiary/aromatic N) is 7. The summed E-state index contributed by atoms with van der Waals surface area (Å²) in [4.78, 5) is 28.5. The number of nitrogens with one attached hydrogen (secondary N) is 1. The van der Waals surface area contributed by atoms with E-state index in [1.165, 1.54) is 0 Å². The molecular formula is C22H29N8O2+. The molecule has 0 spiro atoms. The zero-order valence-corrected chi connectivity index (χ0v) is 18.5. The maximum absolute atomic E-state index is 11.9. The van der Waals surface area contributed by atoms with E-state index >= 15 is 0 Å². The molecule has 5 aliphatic heterocycles. The van der Waals surface area contributed by atoms with Crippen molar-refractivity contribution in [1.82, 2.24) is 24.9 Å². The second-order valence-corrected chi connectivity index (χ2v) is 9.24. The molecule has 2 bridgehead atoms. The normalized spacial score (nSPS) is 31.8. The molecule has 3 saturated heterocycles. The van der Waals surface area contributed by atoms with Gasteiger partial charge in [0.15, 0.2) is 0 Å². The first-order valence-corrected chi connectivity index (χ1v) is 11.5. The third kappa shape index (κ3) is 3.24. The number of hydrogen-bond donors (Lipinski definition) is 1. The van der Waals surface area contributed by atoms with E-state index in [9.17, 15) is 4.79 Å². The molecular weight excluding hydrogens is 408 g/mol. The number of aromatic amines is 1. The minimum atomic E-state index is -0.232. The first-order chi connectivity index (χ1) is 15.6. The Labute approximate surface area is 186 Å². The summed E-state index contributed by atoms with van der Waals surface area (Å²) < 4.78 is 8.21. The van der Waals surface area contributed by atoms with Crippen LogP contribution >= 0.6 is 0 Å². The van der Waals surface area contributed by atoms with E-state index in [2.05, 4.69) is 37.6 Å². The van der Waals surface area contributed by atoms with Gasteiger partial charge >= 0.3 is 0 Å². The van der Waals surface area contributed by atoms with Crippen LogP contribution in [0.15, 0.2) is 34.1 Å². The molecule has 0 aromatic carbocycles. The van der Waals surface area contributed by atoms with Crippen LogP contribution in [0.2, 0.25) is 0 Å². The van der Waals surface area contributed by atoms with Crippen LogP contribution < -0.4 is 0 Å². The molecule has 168 valence electrons. The number of piperazine rings is 1. The second kappa shape index (κ2) is 7.54. The predicted octanol–water partition coefficient (Wildman–Crippen LogP) is 0.249. The number of carbonyl (C=O) groups excluding carboxylic acids is 1. The van der Waals surface area contributed by atoms with Crippen LogP contribution in [0.4, 0.5) is 0 Å². The van der Waals surface area contributed by atoms with Gasteiger partial charge in [0.25, 0.3) is 0 Å². The Balaban J connectivity index is 1.34. The van der Waals surface area contributed by atoms with Gasteiger partial charge in [-0.15, -0.1) is 4.99 Å². The number of aromatic nitrogens is 2. The van der Waals surface area contributed by atoms with E-state index in [1.807, 2.05) is 17.3 Å². The van der Waals surface area contributed by atoms with Gasteiger partial charge in [0.05, 0.1) is 44.0 Å². The molecule has 6 rings (SSSR count). The van der Waals surface area contributed by atoms with Crippen LogP contribution in [-0.4, -0.2) is 110 Å². The Bertz CT molecular complexity index is 1030. The number of carbonyl (C=O) groups is 1. The van der Waals surface area contributed by atoms with E-state index in [0.29, 0.717) is 18.8 Å². The lowest BCUT2D eigenvalue weighted by Crippen LogP contribution is -2.56. The average Bonchev–Trinajstić information content (AvgIpc) is 3.52. The zero-order valence-electron chi connectivity index (χ0n) is 18.5. The number of aliphatic imine (C=N–C) groups is 2. The van der Waals surface area contributed by atoms with Crippen molar-refractivity contribution in [1.29, 1.82) is 0 Å². The minimum Gasteiger partial charge on any atom is -0.371 e. The van der Waals surface area contributed by atoms with Crippen molar-refractivity contribution in [2.24, 2.45) is 9.98 Å². The van der Waals surface area contributed by atoms with Crippen molar-refractivity contribution >= 4 is 23.8 Å². The molecule has 0 saturated carbocycles. The summed E-state index contributed by atoms with van der Waals surface area (Å²) in [5.41, 5.74) is 1.76. The van der Waals surface area contributed by atoms with Gasteiger partial charge in [0.1, 0.15) is 11.5 Å². The van der Waals surface area contributed by atoms with Crippen molar-refractivity contribution in [3.05, 3.63) is 29.9 Å². The second-order valence-electron chi connectivity index (χ2n) is 9.24. The molecule has 32 heavy (non-hydrogen) atoms. The van der Waals surface area contributed by atoms with E-state index in [0.717, 1.165) is 62.1 Å². The van der Waals surface area contributed by atoms with Crippen molar-refractivity contribution < 1.29 is 14.1 Å². The van der Waals surface area contributed by atoms with Gasteiger partial charge in [-0.3, -0.25) is 14.8 Å². The first-order valence-electron chi connectivity index (χ1n) is 11.5. The smallest absolute Gasteiger partial charge is 0.235 e. The molecule has 0 radical (unpaired) electrons. The van der Waals surface area contributed by atoms with Gasteiger partial charge < -0.3 is 14.5 Å². The highest BCUT2D eigenvalue weighted by atomic mass is 16.5. The summed E-state index contributed by atoms with van der Waals surface area (Å²) in [6.45, 7) is 7.79. The van der Waals surface area contributed by atoms with Gasteiger partial charge in [-0.05, 0) is 25.8 Å². The van der Waals surface area contributed by atoms with Gasteiger partial charge in [-0.25, -0.2) is 9.57 Å². The Morgan fingerprint density at radius 2 is 2.03 bits per heavy atom. The number of amidine groups is 1. The number of fused-ring (bicyclic) bond motifs is 3. The quantitative estimate of drug-likeness (QED) is 0.670. The molecule has 3 fully saturated rings. The third-order valence-corrected chi connectivity index (χ3v) is 7.12. The van der Waals surface area contributed by atoms with Crippen LogP contribution in [-0.2, 0) is 9.53 Å². The van der Waals surface area contributed by atoms with Gasteiger partial charge in [-0.2, -0.15) is 5.10 Å². The SMILES string of the molecule is CC(=O)N1CCN(C2=CC(N3CC4CCC(C3)O4)=NC3C(c4ccn[nH]4)=NC=[N+]23)[C@H](C)C1. The maximum atomic E-state index is 11.9. The summed E-state index contributed by atoms with van der Waals surface area (Å²) in [5, 5.41) is 7.16. The number of rotatable bonds is 2. The molecule has 0 aliphatic carbocycles. The van der Waals surface area contributed by atoms with Crippen LogP contribution in [0.5, 0.6) is 0 Å². The Morgan fingerprint density at radius 1 is 1.22 bits per heavy atom. The monoisotopic (exact) mass is 437 g/mol. The fraction of sp³-hybridized carbons (Fsp3) is 0.591. The molecule has 10 heteroatoms. The number of H-pyrrole nitrogens is 1. The molecule has 3 unspecified atom stereocenters. The summed E-state index contributed by atoms with van der Waals surface area (Å²) in [6.07, 6.45) is 8.42. The molecule has 1 N–H and O–H groups in total. The van der Waals surface area contributed by atoms with E-state index < -0.39 is 0 Å². The minimum absolute atomic E-state index is 0.135. The lowest BCUT2D eigenvalue weighted by molar-refractivity contribution is -0.511. The third-order valence-electron chi connectivity index (χ3n) is 7.12. The highest BCUT2D eigenvalue weighted by molar-refractivity contribution is 6.09. The van der Waals surface area contributed by atoms with Crippen molar-refractivity contribution in [2.45, 2.75) is 51.1 Å². The number of amides is 1. The Hall–Kier alpha value is -3.01. The number of hydrogen-bond acceptors (Lipinski definition) is 7. The highest BCUT2D eigenvalue weighted by Gasteiger charge is 2.43. The van der Waals surface area contributed by atoms with Crippen LogP contribution in [0.25, 0.3) is 0 Å². The predicted molar refractivity (Wildman–Crippen MR) is 119 cm³/mol. The van der Waals surface area contributed by atoms with E-state index in [1.54, 1.807) is 13.1 Å². The number of ether oxygens (including phenoxy) is 1. The first kappa shape index (κ1) is 19.7. The van der Waals surface area contributed by atoms with E-state index in [-0.39, 0.29) is 18.1 Å². The standard InChI is InChI=1S/C22H28N8O2/c1-14-10-27(15(2)31)7-8-29(14)20-9-19(28-11-16-3-4-17(12-28)32-16)25-22-21(23-13-30(20)22)18-5-6-24-26-18/h5-6,9,13-14,16-17,22H,3-4,7-8,10-12H2,1-2H3/p+1/t14-,16?,17?,22?/m1/s1. The maximum Gasteiger partial charge on any atom is 0.235 e. The number of likely N-dealkylation sites (tertiary alicyclic amines) is 1. The molecule has 1 aromatic heterocycles. The highest BCUT2D eigenvalue weighted by Crippen LogP contribution is 2.30. The fourth-order valence-corrected chi connectivity index (χ4v) is 5.44. The molecule has 1 aromatic rings. The Morgan fingerprint density at radius 3 is 2.72 bits per heavy atom. The molecule has 4 atom stereocenters. The van der Waals surface area contributed by atoms with Crippen molar-refractivity contribution in [2.75, 3.05) is 32.7 Å². The summed E-state index contributed by atoms with van der Waals surface area (Å²) in [7, 11) is 0. The largest absolute Gasteiger partial charge is 0.371 e. The lowest BCUT2D eigenvalue weighted by atomic mass is 10.1. The van der Waals surface area contributed by atoms with Crippen molar-refractivity contribution in [3.63, 3.8) is 0 Å². The van der Waals surface area contributed by atoms with Crippen LogP contribution in [0, 0.1) is 0 Å². The fourth-order valence-electron chi connectivity index (χ4n) is 5.44. The molecule has 5 aliphatic rings. The number of morpholine rings is 1. The lowest BCUT2D eigenvalue weighted by Gasteiger charge is -2.40. The molecule has 10 nitrogen and oxygen atoms in total. The van der Waals surface area contributed by atoms with Gasteiger partial charge in [-0.1, -0.05) is 0 Å². The van der Waals surface area contributed by atoms with Crippen LogP contribution in [0.1, 0.15) is 32.4 Å². The topological polar surface area (TPSA) is 92.4 Å². The average molecular weight is 438 g/mol. The van der Waals surface area contributed by atoms with E-state index in [4.69, 9.17) is 14.7 Å². The molecule has 1 amide bonds. The summed E-state index contributed by atoms with van der Waals surface area (Å²) in [5.74, 6) is 2.22. The van der Waals surface area contributed by atoms with Crippen LogP contribution in [0.3, 0.4) is 0 Å². The Kier molecular flexibility index (Phi) is 4.63.